The molecule has 0 radical (unpaired) electrons. The van der Waals surface area contributed by atoms with Crippen molar-refractivity contribution in [2.75, 3.05) is 14.2 Å². The minimum atomic E-state index is -4.65. The topological polar surface area (TPSA) is 68.6 Å². The molecule has 0 aliphatic heterocycles. The van der Waals surface area contributed by atoms with Gasteiger partial charge in [-0.1, -0.05) is 24.3 Å². The van der Waals surface area contributed by atoms with Crippen LogP contribution < -0.4 is 0 Å². The maximum absolute atomic E-state index is 13.3. The van der Waals surface area contributed by atoms with Gasteiger partial charge in [-0.2, -0.15) is 13.2 Å². The van der Waals surface area contributed by atoms with Crippen LogP contribution in [0.2, 0.25) is 0 Å². The highest BCUT2D eigenvalue weighted by atomic mass is 32.2. The first-order valence-electron chi connectivity index (χ1n) is 8.94. The van der Waals surface area contributed by atoms with Crippen molar-refractivity contribution < 1.29 is 31.2 Å². The molecule has 2 aromatic carbocycles. The molecule has 0 spiro atoms. The van der Waals surface area contributed by atoms with Crippen LogP contribution >= 0.6 is 0 Å². The van der Waals surface area contributed by atoms with Crippen molar-refractivity contribution in [1.82, 2.24) is 9.04 Å². The second-order valence-electron chi connectivity index (χ2n) is 6.85. The molecule has 3 aromatic rings. The highest BCUT2D eigenvalue weighted by molar-refractivity contribution is 7.90. The average Bonchev–Trinajstić information content (AvgIpc) is 3.11. The van der Waals surface area contributed by atoms with Crippen molar-refractivity contribution in [3.8, 4) is 0 Å². The third-order valence-electron chi connectivity index (χ3n) is 4.82. The number of rotatable bonds is 5. The third kappa shape index (κ3) is 4.08. The Hall–Kier alpha value is -3.11. The Kier molecular flexibility index (Phi) is 5.72. The van der Waals surface area contributed by atoms with E-state index in [1.807, 2.05) is 0 Å². The van der Waals surface area contributed by atoms with Crippen LogP contribution in [-0.2, 0) is 25.8 Å². The average molecular weight is 452 g/mol. The number of aromatic nitrogens is 1. The van der Waals surface area contributed by atoms with E-state index in [1.54, 1.807) is 19.1 Å². The molecular weight excluding hydrogens is 433 g/mol. The molecule has 0 fully saturated rings. The number of amides is 1. The van der Waals surface area contributed by atoms with Gasteiger partial charge in [-0.15, -0.1) is 0 Å². The zero-order valence-electron chi connectivity index (χ0n) is 16.9. The summed E-state index contributed by atoms with van der Waals surface area (Å²) in [5.41, 5.74) is -0.421. The summed E-state index contributed by atoms with van der Waals surface area (Å²) in [4.78, 5) is 17.3. The van der Waals surface area contributed by atoms with E-state index in [-0.39, 0.29) is 26.9 Å². The molecule has 0 saturated heterocycles. The highest BCUT2D eigenvalue weighted by Gasteiger charge is 2.32. The largest absolute Gasteiger partial charge is 0.416 e. The van der Waals surface area contributed by atoms with Gasteiger partial charge in [0.05, 0.1) is 23.1 Å². The number of carbonyl (C=O) groups excluding carboxylic acids is 1. The number of likely N-dealkylation sites (N-methyl/N-ethyl adjacent to an activating group) is 1. The summed E-state index contributed by atoms with van der Waals surface area (Å²) in [6, 6.07) is 8.67. The molecule has 6 nitrogen and oxygen atoms in total. The molecule has 31 heavy (non-hydrogen) atoms. The van der Waals surface area contributed by atoms with Crippen LogP contribution in [0.3, 0.4) is 0 Å². The molecule has 0 bridgehead atoms. The summed E-state index contributed by atoms with van der Waals surface area (Å²) in [5.74, 6) is -0.730. The number of hydroxylamine groups is 2. The van der Waals surface area contributed by atoms with Crippen LogP contribution in [0.4, 0.5) is 13.2 Å². The standard InChI is InChI=1S/C21H19F3N2O4S/c1-13-5-8-16(9-6-13)31(28,29)26-12-18(14(2)20(27)25(3)30-4)17-11-15(21(22,23)24)7-10-19(17)26/h5-12H,2H2,1,3-4H3. The fraction of sp³-hybridized carbons (Fsp3) is 0.190. The lowest BCUT2D eigenvalue weighted by molar-refractivity contribution is -0.161. The van der Waals surface area contributed by atoms with Gasteiger partial charge in [-0.05, 0) is 37.3 Å². The molecule has 3 rings (SSSR count). The van der Waals surface area contributed by atoms with Gasteiger partial charge in [-0.3, -0.25) is 9.63 Å². The van der Waals surface area contributed by atoms with Crippen molar-refractivity contribution in [1.29, 1.82) is 0 Å². The first-order valence-corrected chi connectivity index (χ1v) is 10.4. The summed E-state index contributed by atoms with van der Waals surface area (Å²) in [7, 11) is -1.62. The van der Waals surface area contributed by atoms with Crippen molar-refractivity contribution in [3.05, 3.63) is 71.9 Å². The molecule has 0 saturated carbocycles. The maximum atomic E-state index is 13.3. The molecule has 1 aromatic heterocycles. The molecule has 0 atom stereocenters. The lowest BCUT2D eigenvalue weighted by Gasteiger charge is -2.15. The Bertz CT molecular complexity index is 1280. The molecule has 0 aliphatic carbocycles. The van der Waals surface area contributed by atoms with Gasteiger partial charge in [0.25, 0.3) is 15.9 Å². The van der Waals surface area contributed by atoms with Gasteiger partial charge >= 0.3 is 6.18 Å². The van der Waals surface area contributed by atoms with E-state index in [9.17, 15) is 26.4 Å². The van der Waals surface area contributed by atoms with E-state index >= 15 is 0 Å². The van der Waals surface area contributed by atoms with Gasteiger partial charge < -0.3 is 0 Å². The molecule has 10 heteroatoms. The van der Waals surface area contributed by atoms with Crippen LogP contribution in [0.1, 0.15) is 16.7 Å². The predicted molar refractivity (Wildman–Crippen MR) is 110 cm³/mol. The van der Waals surface area contributed by atoms with Crippen molar-refractivity contribution in [2.24, 2.45) is 0 Å². The Morgan fingerprint density at radius 2 is 1.74 bits per heavy atom. The first kappa shape index (κ1) is 22.6. The van der Waals surface area contributed by atoms with Gasteiger partial charge in [0.2, 0.25) is 0 Å². The van der Waals surface area contributed by atoms with Crippen LogP contribution in [0.5, 0.6) is 0 Å². The number of benzene rings is 2. The van der Waals surface area contributed by atoms with E-state index < -0.39 is 27.7 Å². The van der Waals surface area contributed by atoms with E-state index in [0.717, 1.165) is 39.0 Å². The second kappa shape index (κ2) is 7.86. The Morgan fingerprint density at radius 3 is 2.29 bits per heavy atom. The monoisotopic (exact) mass is 452 g/mol. The number of aryl methyl sites for hydroxylation is 1. The van der Waals surface area contributed by atoms with Gasteiger partial charge in [0.15, 0.2) is 0 Å². The summed E-state index contributed by atoms with van der Waals surface area (Å²) >= 11 is 0. The Balaban J connectivity index is 2.30. The van der Waals surface area contributed by atoms with E-state index in [4.69, 9.17) is 4.84 Å². The molecular formula is C21H19F3N2O4S. The number of hydrogen-bond acceptors (Lipinski definition) is 4. The minimum Gasteiger partial charge on any atom is -0.274 e. The number of halogens is 3. The molecule has 0 aliphatic rings. The first-order chi connectivity index (χ1) is 14.4. The molecule has 1 amide bonds. The smallest absolute Gasteiger partial charge is 0.274 e. The lowest BCUT2D eigenvalue weighted by Crippen LogP contribution is -2.25. The number of nitrogens with zero attached hydrogens (tertiary/aromatic N) is 2. The van der Waals surface area contributed by atoms with Gasteiger partial charge in [0.1, 0.15) is 0 Å². The summed E-state index contributed by atoms with van der Waals surface area (Å²) in [6.07, 6.45) is -3.55. The van der Waals surface area contributed by atoms with E-state index in [2.05, 4.69) is 6.58 Å². The molecule has 0 N–H and O–H groups in total. The van der Waals surface area contributed by atoms with Crippen molar-refractivity contribution >= 4 is 32.4 Å². The summed E-state index contributed by atoms with van der Waals surface area (Å²) < 4.78 is 67.2. The van der Waals surface area contributed by atoms with Crippen LogP contribution in [0, 0.1) is 6.92 Å². The molecule has 164 valence electrons. The lowest BCUT2D eigenvalue weighted by atomic mass is 10.0. The van der Waals surface area contributed by atoms with E-state index in [0.29, 0.717) is 0 Å². The number of carbonyl (C=O) groups is 1. The predicted octanol–water partition coefficient (Wildman–Crippen LogP) is 4.24. The maximum Gasteiger partial charge on any atom is 0.416 e. The summed E-state index contributed by atoms with van der Waals surface area (Å²) in [6.45, 7) is 5.45. The van der Waals surface area contributed by atoms with Crippen molar-refractivity contribution in [2.45, 2.75) is 18.0 Å². The number of alkyl halides is 3. The quantitative estimate of drug-likeness (QED) is 0.429. The summed E-state index contributed by atoms with van der Waals surface area (Å²) in [5, 5.41) is 0.765. The van der Waals surface area contributed by atoms with Gasteiger partial charge in [0, 0.05) is 29.8 Å². The SMILES string of the molecule is C=C(C(=O)N(C)OC)c1cn(S(=O)(=O)c2ccc(C)cc2)c2ccc(C(F)(F)F)cc12. The highest BCUT2D eigenvalue weighted by Crippen LogP contribution is 2.36. The Labute approximate surface area is 177 Å². The fourth-order valence-electron chi connectivity index (χ4n) is 3.03. The van der Waals surface area contributed by atoms with E-state index in [1.165, 1.54) is 26.3 Å². The van der Waals surface area contributed by atoms with Crippen LogP contribution in [0.25, 0.3) is 16.5 Å². The molecule has 0 unspecified atom stereocenters. The molecule has 1 heterocycles. The van der Waals surface area contributed by atoms with Crippen LogP contribution in [-0.4, -0.2) is 37.5 Å². The Morgan fingerprint density at radius 1 is 1.13 bits per heavy atom. The van der Waals surface area contributed by atoms with Gasteiger partial charge in [-0.25, -0.2) is 17.5 Å². The zero-order valence-corrected chi connectivity index (χ0v) is 17.7. The minimum absolute atomic E-state index is 0.0161. The zero-order chi connectivity index (χ0) is 23.1. The fourth-order valence-corrected chi connectivity index (χ4v) is 4.40. The normalized spacial score (nSPS) is 12.2. The number of hydrogen-bond donors (Lipinski definition) is 0. The third-order valence-corrected chi connectivity index (χ3v) is 6.51. The number of fused-ring (bicyclic) bond motifs is 1. The van der Waals surface area contributed by atoms with Crippen LogP contribution in [0.15, 0.2) is 60.1 Å². The van der Waals surface area contributed by atoms with Crippen molar-refractivity contribution in [3.63, 3.8) is 0 Å². The second-order valence-corrected chi connectivity index (χ2v) is 8.67.